The van der Waals surface area contributed by atoms with E-state index in [2.05, 4.69) is 20.0 Å². The summed E-state index contributed by atoms with van der Waals surface area (Å²) < 4.78 is 26.3. The summed E-state index contributed by atoms with van der Waals surface area (Å²) in [6.07, 6.45) is 3.70. The first-order valence-electron chi connectivity index (χ1n) is 7.43. The number of amidine groups is 1. The number of hydrogen-bond donors (Lipinski definition) is 2. The van der Waals surface area contributed by atoms with Crippen molar-refractivity contribution in [3.05, 3.63) is 59.9 Å². The lowest BCUT2D eigenvalue weighted by Crippen LogP contribution is -2.25. The number of aliphatic imine (C=N–C) groups is 1. The number of nitrogens with one attached hydrogen (secondary N) is 2. The number of nitrogens with zero attached hydrogens (tertiary/aromatic N) is 2. The van der Waals surface area contributed by atoms with E-state index in [4.69, 9.17) is 0 Å². The van der Waals surface area contributed by atoms with Crippen molar-refractivity contribution in [1.82, 2.24) is 15.0 Å². The van der Waals surface area contributed by atoms with Crippen LogP contribution in [0.5, 0.6) is 0 Å². The molecule has 2 N–H and O–H groups in total. The summed E-state index contributed by atoms with van der Waals surface area (Å²) in [5.74, 6) is 0.159. The topological polar surface area (TPSA) is 101 Å². The Labute approximate surface area is 139 Å². The first-order valence-corrected chi connectivity index (χ1v) is 8.91. The van der Waals surface area contributed by atoms with Gasteiger partial charge >= 0.3 is 0 Å². The number of carbonyl (C=O) groups excluding carboxylic acids is 1. The number of pyridine rings is 1. The fourth-order valence-electron chi connectivity index (χ4n) is 2.32. The molecule has 2 aromatic rings. The van der Waals surface area contributed by atoms with E-state index in [-0.39, 0.29) is 10.8 Å². The maximum Gasteiger partial charge on any atom is 0.263 e. The zero-order valence-corrected chi connectivity index (χ0v) is 13.6. The molecule has 0 atom stereocenters. The molecule has 1 aliphatic heterocycles. The molecule has 0 unspecified atom stereocenters. The Bertz CT molecular complexity index is 879. The van der Waals surface area contributed by atoms with Crippen molar-refractivity contribution < 1.29 is 13.2 Å². The number of hydrogen-bond acceptors (Lipinski definition) is 5. The smallest absolute Gasteiger partial charge is 0.263 e. The van der Waals surface area contributed by atoms with E-state index >= 15 is 0 Å². The van der Waals surface area contributed by atoms with Crippen LogP contribution in [0.15, 0.2) is 58.7 Å². The molecule has 2 heterocycles. The third-order valence-electron chi connectivity index (χ3n) is 3.48. The van der Waals surface area contributed by atoms with Crippen LogP contribution in [0.3, 0.4) is 0 Å². The highest BCUT2D eigenvalue weighted by Gasteiger charge is 2.29. The van der Waals surface area contributed by atoms with Crippen LogP contribution in [-0.4, -0.2) is 38.2 Å². The summed E-state index contributed by atoms with van der Waals surface area (Å²) in [6, 6.07) is 10.1. The van der Waals surface area contributed by atoms with Crippen LogP contribution in [0.4, 0.5) is 0 Å². The SMILES string of the molecule is O=C(NCCCN=C1NS(=O)(=O)c2ccccc21)c1cccnc1. The second kappa shape index (κ2) is 6.79. The Hall–Kier alpha value is -2.74. The van der Waals surface area contributed by atoms with Crippen molar-refractivity contribution in [1.29, 1.82) is 0 Å². The zero-order chi connectivity index (χ0) is 17.0. The molecule has 0 fully saturated rings. The highest BCUT2D eigenvalue weighted by Crippen LogP contribution is 2.21. The van der Waals surface area contributed by atoms with E-state index in [0.29, 0.717) is 36.5 Å². The molecule has 3 rings (SSSR count). The predicted octanol–water partition coefficient (Wildman–Crippen LogP) is 0.940. The molecule has 1 aromatic heterocycles. The molecule has 1 aliphatic rings. The summed E-state index contributed by atoms with van der Waals surface area (Å²) in [5, 5.41) is 2.77. The van der Waals surface area contributed by atoms with Gasteiger partial charge < -0.3 is 5.32 Å². The van der Waals surface area contributed by atoms with Crippen molar-refractivity contribution in [2.75, 3.05) is 13.1 Å². The number of aromatic nitrogens is 1. The van der Waals surface area contributed by atoms with Crippen LogP contribution in [0.1, 0.15) is 22.3 Å². The summed E-state index contributed by atoms with van der Waals surface area (Å²) in [4.78, 5) is 20.3. The maximum atomic E-state index is 11.9. The number of fused-ring (bicyclic) bond motifs is 1. The Morgan fingerprint density at radius 1 is 1.21 bits per heavy atom. The number of amides is 1. The van der Waals surface area contributed by atoms with Crippen molar-refractivity contribution in [3.8, 4) is 0 Å². The summed E-state index contributed by atoms with van der Waals surface area (Å²) >= 11 is 0. The summed E-state index contributed by atoms with van der Waals surface area (Å²) in [6.45, 7) is 0.846. The van der Waals surface area contributed by atoms with E-state index in [0.717, 1.165) is 0 Å². The van der Waals surface area contributed by atoms with Crippen LogP contribution in [0.25, 0.3) is 0 Å². The third-order valence-corrected chi connectivity index (χ3v) is 4.87. The van der Waals surface area contributed by atoms with Gasteiger partial charge in [-0.15, -0.1) is 0 Å². The molecular weight excluding hydrogens is 328 g/mol. The lowest BCUT2D eigenvalue weighted by atomic mass is 10.2. The Balaban J connectivity index is 1.54. The zero-order valence-electron chi connectivity index (χ0n) is 12.8. The van der Waals surface area contributed by atoms with Crippen molar-refractivity contribution >= 4 is 21.8 Å². The minimum atomic E-state index is -3.50. The van der Waals surface area contributed by atoms with Gasteiger partial charge in [0.05, 0.1) is 10.5 Å². The number of sulfonamides is 1. The Kier molecular flexibility index (Phi) is 4.57. The van der Waals surface area contributed by atoms with Crippen molar-refractivity contribution in [2.24, 2.45) is 4.99 Å². The molecule has 124 valence electrons. The highest BCUT2D eigenvalue weighted by molar-refractivity contribution is 7.90. The van der Waals surface area contributed by atoms with Crippen LogP contribution >= 0.6 is 0 Å². The molecule has 0 radical (unpaired) electrons. The normalized spacial score (nSPS) is 16.4. The highest BCUT2D eigenvalue weighted by atomic mass is 32.2. The molecule has 0 bridgehead atoms. The molecule has 24 heavy (non-hydrogen) atoms. The van der Waals surface area contributed by atoms with Gasteiger partial charge in [0, 0.05) is 31.0 Å². The van der Waals surface area contributed by atoms with Gasteiger partial charge in [-0.3, -0.25) is 19.5 Å². The number of rotatable bonds is 5. The van der Waals surface area contributed by atoms with E-state index in [1.165, 1.54) is 6.20 Å². The Morgan fingerprint density at radius 3 is 2.83 bits per heavy atom. The third kappa shape index (κ3) is 3.43. The van der Waals surface area contributed by atoms with Crippen LogP contribution in [0, 0.1) is 0 Å². The fourth-order valence-corrected chi connectivity index (χ4v) is 3.57. The molecule has 0 spiro atoms. The molecule has 0 saturated carbocycles. The molecular formula is C16H16N4O3S. The minimum absolute atomic E-state index is 0.192. The molecule has 1 amide bonds. The van der Waals surface area contributed by atoms with Crippen molar-refractivity contribution in [3.63, 3.8) is 0 Å². The first-order chi connectivity index (χ1) is 11.6. The van der Waals surface area contributed by atoms with Gasteiger partial charge in [0.25, 0.3) is 15.9 Å². The average Bonchev–Trinajstić information content (AvgIpc) is 2.86. The summed E-state index contributed by atoms with van der Waals surface area (Å²) in [7, 11) is -3.50. The molecule has 0 aliphatic carbocycles. The van der Waals surface area contributed by atoms with Gasteiger partial charge in [-0.05, 0) is 30.7 Å². The largest absolute Gasteiger partial charge is 0.352 e. The second-order valence-corrected chi connectivity index (χ2v) is 6.83. The van der Waals surface area contributed by atoms with Crippen LogP contribution < -0.4 is 10.0 Å². The van der Waals surface area contributed by atoms with Crippen molar-refractivity contribution in [2.45, 2.75) is 11.3 Å². The van der Waals surface area contributed by atoms with Gasteiger partial charge in [0.2, 0.25) is 0 Å². The summed E-state index contributed by atoms with van der Waals surface area (Å²) in [5.41, 5.74) is 1.08. The monoisotopic (exact) mass is 344 g/mol. The second-order valence-electron chi connectivity index (χ2n) is 5.18. The maximum absolute atomic E-state index is 11.9. The van der Waals surface area contributed by atoms with E-state index < -0.39 is 10.0 Å². The van der Waals surface area contributed by atoms with Gasteiger partial charge in [-0.2, -0.15) is 0 Å². The average molecular weight is 344 g/mol. The van der Waals surface area contributed by atoms with E-state index in [9.17, 15) is 13.2 Å². The molecule has 8 heteroatoms. The molecule has 1 aromatic carbocycles. The number of carbonyl (C=O) groups is 1. The van der Waals surface area contributed by atoms with Gasteiger partial charge in [0.15, 0.2) is 0 Å². The van der Waals surface area contributed by atoms with Crippen LogP contribution in [0.2, 0.25) is 0 Å². The van der Waals surface area contributed by atoms with Gasteiger partial charge in [-0.25, -0.2) is 8.42 Å². The predicted molar refractivity (Wildman–Crippen MR) is 89.4 cm³/mol. The van der Waals surface area contributed by atoms with Crippen LogP contribution in [-0.2, 0) is 10.0 Å². The lowest BCUT2D eigenvalue weighted by molar-refractivity contribution is 0.0953. The van der Waals surface area contributed by atoms with E-state index in [1.54, 1.807) is 42.6 Å². The quantitative estimate of drug-likeness (QED) is 0.788. The standard InChI is InChI=1S/C16H16N4O3S/c21-16(12-5-3-8-17-11-12)19-10-4-9-18-15-13-6-1-2-7-14(13)24(22,23)20-15/h1-3,5-8,11H,4,9-10H2,(H,18,20)(H,19,21). The van der Waals surface area contributed by atoms with E-state index in [1.807, 2.05) is 0 Å². The molecule has 0 saturated heterocycles. The minimum Gasteiger partial charge on any atom is -0.352 e. The lowest BCUT2D eigenvalue weighted by Gasteiger charge is -2.04. The number of benzene rings is 1. The van der Waals surface area contributed by atoms with Gasteiger partial charge in [0.1, 0.15) is 5.84 Å². The fraction of sp³-hybridized carbons (Fsp3) is 0.188. The van der Waals surface area contributed by atoms with Gasteiger partial charge in [-0.1, -0.05) is 12.1 Å². The first kappa shape index (κ1) is 16.1. The Morgan fingerprint density at radius 2 is 2.04 bits per heavy atom. The molecule has 7 nitrogen and oxygen atoms in total.